The molecule has 0 aromatic carbocycles. The van der Waals surface area contributed by atoms with E-state index in [1.807, 2.05) is 7.05 Å². The highest BCUT2D eigenvalue weighted by Crippen LogP contribution is 2.20. The van der Waals surface area contributed by atoms with Gasteiger partial charge >= 0.3 is 0 Å². The van der Waals surface area contributed by atoms with Crippen LogP contribution in [-0.4, -0.2) is 70.1 Å². The first-order chi connectivity index (χ1) is 11.3. The van der Waals surface area contributed by atoms with Crippen LogP contribution in [0.3, 0.4) is 0 Å². The Morgan fingerprint density at radius 3 is 2.54 bits per heavy atom. The Morgan fingerprint density at radius 1 is 1.33 bits per heavy atom. The Bertz CT molecular complexity index is 544. The molecule has 136 valence electrons. The molecule has 2 heterocycles. The molecule has 1 aliphatic heterocycles. The van der Waals surface area contributed by atoms with Gasteiger partial charge in [0.25, 0.3) is 0 Å². The standard InChI is InChI=1S/C16H31N7O/c1-12-8-23(9-13(2)24-12)16(3,4)10-19-15(17-5)18-7-14-20-11-21-22(14)6/h11-13H,7-10H2,1-6H3,(H2,17,18,19). The van der Waals surface area contributed by atoms with Crippen LogP contribution >= 0.6 is 0 Å². The Balaban J connectivity index is 1.86. The highest BCUT2D eigenvalue weighted by atomic mass is 16.5. The number of nitrogens with zero attached hydrogens (tertiary/aromatic N) is 5. The molecule has 24 heavy (non-hydrogen) atoms. The van der Waals surface area contributed by atoms with Crippen LogP contribution in [0.4, 0.5) is 0 Å². The second-order valence-corrected chi connectivity index (χ2v) is 7.05. The van der Waals surface area contributed by atoms with Crippen molar-refractivity contribution < 1.29 is 4.74 Å². The molecule has 1 aromatic rings. The SMILES string of the molecule is CN=C(NCc1ncnn1C)NCC(C)(C)N1CC(C)OC(C)C1. The average Bonchev–Trinajstić information content (AvgIpc) is 2.92. The summed E-state index contributed by atoms with van der Waals surface area (Å²) in [4.78, 5) is 11.0. The topological polar surface area (TPSA) is 79.6 Å². The van der Waals surface area contributed by atoms with Gasteiger partial charge in [0.15, 0.2) is 5.96 Å². The summed E-state index contributed by atoms with van der Waals surface area (Å²) in [7, 11) is 3.65. The minimum Gasteiger partial charge on any atom is -0.373 e. The van der Waals surface area contributed by atoms with Crippen LogP contribution in [0.1, 0.15) is 33.5 Å². The van der Waals surface area contributed by atoms with Crippen LogP contribution in [0.15, 0.2) is 11.3 Å². The third-order valence-corrected chi connectivity index (χ3v) is 4.41. The maximum atomic E-state index is 5.84. The molecule has 8 heteroatoms. The van der Waals surface area contributed by atoms with Crippen molar-refractivity contribution in [2.45, 2.75) is 52.0 Å². The molecule has 1 fully saturated rings. The first-order valence-corrected chi connectivity index (χ1v) is 8.49. The quantitative estimate of drug-likeness (QED) is 0.597. The van der Waals surface area contributed by atoms with Gasteiger partial charge in [-0.25, -0.2) is 4.98 Å². The summed E-state index contributed by atoms with van der Waals surface area (Å²) >= 11 is 0. The first-order valence-electron chi connectivity index (χ1n) is 8.49. The van der Waals surface area contributed by atoms with Gasteiger partial charge in [0.05, 0.1) is 18.8 Å². The zero-order valence-electron chi connectivity index (χ0n) is 15.7. The van der Waals surface area contributed by atoms with Crippen LogP contribution < -0.4 is 10.6 Å². The van der Waals surface area contributed by atoms with E-state index in [2.05, 4.69) is 58.3 Å². The number of hydrogen-bond acceptors (Lipinski definition) is 5. The average molecular weight is 337 g/mol. The van der Waals surface area contributed by atoms with Crippen molar-refractivity contribution in [3.05, 3.63) is 12.2 Å². The van der Waals surface area contributed by atoms with Gasteiger partial charge in [0.1, 0.15) is 12.2 Å². The monoisotopic (exact) mass is 337 g/mol. The second-order valence-electron chi connectivity index (χ2n) is 7.05. The lowest BCUT2D eigenvalue weighted by molar-refractivity contribution is -0.0946. The number of aliphatic imine (C=N–C) groups is 1. The summed E-state index contributed by atoms with van der Waals surface area (Å²) in [6.45, 7) is 12.0. The van der Waals surface area contributed by atoms with E-state index in [0.717, 1.165) is 31.4 Å². The summed E-state index contributed by atoms with van der Waals surface area (Å²) in [6.07, 6.45) is 2.08. The number of rotatable bonds is 5. The Morgan fingerprint density at radius 2 is 2.00 bits per heavy atom. The Hall–Kier alpha value is -1.67. The second kappa shape index (κ2) is 7.94. The molecule has 1 saturated heterocycles. The van der Waals surface area contributed by atoms with E-state index >= 15 is 0 Å². The van der Waals surface area contributed by atoms with Gasteiger partial charge in [-0.2, -0.15) is 5.10 Å². The molecule has 0 radical (unpaired) electrons. The van der Waals surface area contributed by atoms with Crippen molar-refractivity contribution in [1.82, 2.24) is 30.3 Å². The largest absolute Gasteiger partial charge is 0.373 e. The fourth-order valence-corrected chi connectivity index (χ4v) is 2.95. The van der Waals surface area contributed by atoms with Crippen molar-refractivity contribution >= 4 is 5.96 Å². The lowest BCUT2D eigenvalue weighted by atomic mass is 10.00. The molecule has 8 nitrogen and oxygen atoms in total. The van der Waals surface area contributed by atoms with Crippen LogP contribution in [0.2, 0.25) is 0 Å². The molecule has 2 atom stereocenters. The Labute approximate surface area is 144 Å². The lowest BCUT2D eigenvalue weighted by Gasteiger charge is -2.45. The van der Waals surface area contributed by atoms with E-state index < -0.39 is 0 Å². The number of hydrogen-bond donors (Lipinski definition) is 2. The highest BCUT2D eigenvalue weighted by Gasteiger charge is 2.33. The van der Waals surface area contributed by atoms with Gasteiger partial charge in [0.2, 0.25) is 0 Å². The first kappa shape index (κ1) is 18.7. The van der Waals surface area contributed by atoms with Crippen LogP contribution in [0, 0.1) is 0 Å². The van der Waals surface area contributed by atoms with Gasteiger partial charge < -0.3 is 15.4 Å². The number of guanidine groups is 1. The van der Waals surface area contributed by atoms with Crippen LogP contribution in [0.5, 0.6) is 0 Å². The maximum Gasteiger partial charge on any atom is 0.191 e. The summed E-state index contributed by atoms with van der Waals surface area (Å²) in [5.41, 5.74) is 0.00863. The molecule has 0 aliphatic carbocycles. The summed E-state index contributed by atoms with van der Waals surface area (Å²) < 4.78 is 7.59. The van der Waals surface area contributed by atoms with Crippen molar-refractivity contribution in [2.75, 3.05) is 26.7 Å². The fourth-order valence-electron chi connectivity index (χ4n) is 2.95. The number of nitrogens with one attached hydrogen (secondary N) is 2. The van der Waals surface area contributed by atoms with E-state index in [-0.39, 0.29) is 17.7 Å². The van der Waals surface area contributed by atoms with Crippen LogP contribution in [0.25, 0.3) is 0 Å². The van der Waals surface area contributed by atoms with E-state index in [9.17, 15) is 0 Å². The molecule has 2 N–H and O–H groups in total. The maximum absolute atomic E-state index is 5.84. The summed E-state index contributed by atoms with van der Waals surface area (Å²) in [5, 5.41) is 10.8. The van der Waals surface area contributed by atoms with Gasteiger partial charge in [-0.15, -0.1) is 0 Å². The Kier molecular flexibility index (Phi) is 6.17. The van der Waals surface area contributed by atoms with Crippen molar-refractivity contribution in [2.24, 2.45) is 12.0 Å². The van der Waals surface area contributed by atoms with Crippen molar-refractivity contribution in [3.63, 3.8) is 0 Å². The molecule has 2 rings (SSSR count). The van der Waals surface area contributed by atoms with E-state index in [4.69, 9.17) is 4.74 Å². The van der Waals surface area contributed by atoms with E-state index in [1.54, 1.807) is 18.1 Å². The molecule has 0 amide bonds. The van der Waals surface area contributed by atoms with Gasteiger partial charge in [0, 0.05) is 39.3 Å². The smallest absolute Gasteiger partial charge is 0.191 e. The third kappa shape index (κ3) is 4.91. The zero-order valence-corrected chi connectivity index (χ0v) is 15.7. The molecular weight excluding hydrogens is 306 g/mol. The number of aromatic nitrogens is 3. The van der Waals surface area contributed by atoms with Gasteiger partial charge in [-0.05, 0) is 27.7 Å². The summed E-state index contributed by atoms with van der Waals surface area (Å²) in [5.74, 6) is 1.63. The van der Waals surface area contributed by atoms with Gasteiger partial charge in [-0.3, -0.25) is 14.6 Å². The minimum atomic E-state index is 0.00863. The fraction of sp³-hybridized carbons (Fsp3) is 0.812. The number of aryl methyl sites for hydroxylation is 1. The van der Waals surface area contributed by atoms with Crippen molar-refractivity contribution in [3.8, 4) is 0 Å². The molecule has 0 bridgehead atoms. The van der Waals surface area contributed by atoms with Gasteiger partial charge in [-0.1, -0.05) is 0 Å². The normalized spacial score (nSPS) is 23.3. The molecular formula is C16H31N7O. The molecule has 0 spiro atoms. The predicted octanol–water partition coefficient (Wildman–Crippen LogP) is 0.368. The van der Waals surface area contributed by atoms with E-state index in [1.165, 1.54) is 0 Å². The third-order valence-electron chi connectivity index (χ3n) is 4.41. The lowest BCUT2D eigenvalue weighted by Crippen LogP contribution is -2.59. The minimum absolute atomic E-state index is 0.00863. The molecule has 2 unspecified atom stereocenters. The zero-order chi connectivity index (χ0) is 17.7. The van der Waals surface area contributed by atoms with Crippen LogP contribution in [-0.2, 0) is 18.3 Å². The number of morpholine rings is 1. The highest BCUT2D eigenvalue weighted by molar-refractivity contribution is 5.79. The molecule has 1 aromatic heterocycles. The van der Waals surface area contributed by atoms with E-state index in [0.29, 0.717) is 6.54 Å². The number of ether oxygens (including phenoxy) is 1. The molecule has 0 saturated carbocycles. The predicted molar refractivity (Wildman–Crippen MR) is 94.9 cm³/mol. The summed E-state index contributed by atoms with van der Waals surface area (Å²) in [6, 6.07) is 0. The van der Waals surface area contributed by atoms with Crippen molar-refractivity contribution in [1.29, 1.82) is 0 Å². The molecule has 1 aliphatic rings.